The van der Waals surface area contributed by atoms with Gasteiger partial charge in [0.25, 0.3) is 0 Å². The number of hydrogen-bond acceptors (Lipinski definition) is 5. The summed E-state index contributed by atoms with van der Waals surface area (Å²) in [5.74, 6) is 1.51. The van der Waals surface area contributed by atoms with Gasteiger partial charge < -0.3 is 9.15 Å². The normalized spacial score (nSPS) is 11.0. The van der Waals surface area contributed by atoms with Gasteiger partial charge >= 0.3 is 0 Å². The number of carbonyl (C=O) groups excluding carboxylic acids is 1. The Morgan fingerprint density at radius 2 is 1.90 bits per heavy atom. The average molecular weight is 421 g/mol. The van der Waals surface area contributed by atoms with Crippen molar-refractivity contribution in [2.45, 2.75) is 33.2 Å². The highest BCUT2D eigenvalue weighted by molar-refractivity contribution is 7.22. The first-order chi connectivity index (χ1) is 14.7. The SMILES string of the molecule is CCOc1ccc(CC(=O)N(Cc2ccco2)c2nc3ccc(CC)cc3s2)cc1. The molecule has 30 heavy (non-hydrogen) atoms. The molecule has 1 amide bonds. The summed E-state index contributed by atoms with van der Waals surface area (Å²) in [5, 5.41) is 0.686. The van der Waals surface area contributed by atoms with Crippen molar-refractivity contribution in [3.8, 4) is 5.75 Å². The Bertz CT molecular complexity index is 1120. The maximum absolute atomic E-state index is 13.3. The minimum Gasteiger partial charge on any atom is -0.494 e. The average Bonchev–Trinajstić information content (AvgIpc) is 3.42. The van der Waals surface area contributed by atoms with Gasteiger partial charge in [-0.1, -0.05) is 36.5 Å². The Morgan fingerprint density at radius 3 is 2.60 bits per heavy atom. The fraction of sp³-hybridized carbons (Fsp3) is 0.250. The third kappa shape index (κ3) is 4.54. The van der Waals surface area contributed by atoms with Crippen molar-refractivity contribution in [1.82, 2.24) is 4.98 Å². The molecule has 0 atom stereocenters. The van der Waals surface area contributed by atoms with Gasteiger partial charge in [0, 0.05) is 0 Å². The minimum absolute atomic E-state index is 0.0228. The number of amides is 1. The number of anilines is 1. The van der Waals surface area contributed by atoms with E-state index < -0.39 is 0 Å². The van der Waals surface area contributed by atoms with Crippen LogP contribution in [0.1, 0.15) is 30.7 Å². The highest BCUT2D eigenvalue weighted by Gasteiger charge is 2.21. The number of thiazole rings is 1. The van der Waals surface area contributed by atoms with Crippen LogP contribution in [0.3, 0.4) is 0 Å². The van der Waals surface area contributed by atoms with Crippen molar-refractivity contribution in [1.29, 1.82) is 0 Å². The number of ether oxygens (including phenoxy) is 1. The predicted molar refractivity (Wildman–Crippen MR) is 120 cm³/mol. The number of nitrogens with zero attached hydrogens (tertiary/aromatic N) is 2. The molecule has 0 saturated heterocycles. The molecule has 2 aromatic carbocycles. The molecule has 0 aliphatic rings. The summed E-state index contributed by atoms with van der Waals surface area (Å²) in [4.78, 5) is 19.7. The molecular weight excluding hydrogens is 396 g/mol. The van der Waals surface area contributed by atoms with Crippen LogP contribution >= 0.6 is 11.3 Å². The van der Waals surface area contributed by atoms with Crippen molar-refractivity contribution in [2.75, 3.05) is 11.5 Å². The van der Waals surface area contributed by atoms with Gasteiger partial charge in [-0.15, -0.1) is 0 Å². The lowest BCUT2D eigenvalue weighted by molar-refractivity contribution is -0.118. The Balaban J connectivity index is 1.61. The van der Waals surface area contributed by atoms with Crippen LogP contribution in [-0.4, -0.2) is 17.5 Å². The molecule has 154 valence electrons. The molecule has 0 spiro atoms. The molecule has 5 nitrogen and oxygen atoms in total. The van der Waals surface area contributed by atoms with Gasteiger partial charge in [-0.3, -0.25) is 9.69 Å². The molecule has 6 heteroatoms. The molecule has 0 fully saturated rings. The van der Waals surface area contributed by atoms with E-state index in [1.165, 1.54) is 16.9 Å². The molecule has 0 aliphatic heterocycles. The van der Waals surface area contributed by atoms with Crippen molar-refractivity contribution in [2.24, 2.45) is 0 Å². The van der Waals surface area contributed by atoms with E-state index in [1.54, 1.807) is 11.2 Å². The van der Waals surface area contributed by atoms with E-state index in [1.807, 2.05) is 49.4 Å². The van der Waals surface area contributed by atoms with Crippen LogP contribution in [0.2, 0.25) is 0 Å². The van der Waals surface area contributed by atoms with Gasteiger partial charge in [0.15, 0.2) is 5.13 Å². The molecular formula is C24H24N2O3S. The van der Waals surface area contributed by atoms with E-state index >= 15 is 0 Å². The van der Waals surface area contributed by atoms with E-state index in [0.29, 0.717) is 18.3 Å². The number of rotatable bonds is 8. The number of benzene rings is 2. The zero-order valence-corrected chi connectivity index (χ0v) is 17.9. The summed E-state index contributed by atoms with van der Waals surface area (Å²) >= 11 is 1.54. The van der Waals surface area contributed by atoms with Crippen LogP contribution in [0.5, 0.6) is 5.75 Å². The zero-order chi connectivity index (χ0) is 20.9. The molecule has 0 bridgehead atoms. The fourth-order valence-electron chi connectivity index (χ4n) is 3.25. The largest absolute Gasteiger partial charge is 0.494 e. The third-order valence-corrected chi connectivity index (χ3v) is 5.91. The standard InChI is InChI=1S/C24H24N2O3S/c1-3-17-9-12-21-22(14-17)30-24(25-21)26(16-20-6-5-13-29-20)23(27)15-18-7-10-19(11-8-18)28-4-2/h5-14H,3-4,15-16H2,1-2H3. The van der Waals surface area contributed by atoms with Crippen LogP contribution in [0.4, 0.5) is 5.13 Å². The molecule has 0 aliphatic carbocycles. The van der Waals surface area contributed by atoms with Crippen molar-refractivity contribution in [3.05, 3.63) is 77.7 Å². The van der Waals surface area contributed by atoms with E-state index in [9.17, 15) is 4.79 Å². The summed E-state index contributed by atoms with van der Waals surface area (Å²) in [6.45, 7) is 5.05. The molecule has 4 aromatic rings. The number of hydrogen-bond donors (Lipinski definition) is 0. The van der Waals surface area contributed by atoms with Crippen LogP contribution in [0, 0.1) is 0 Å². The zero-order valence-electron chi connectivity index (χ0n) is 17.1. The van der Waals surface area contributed by atoms with Gasteiger partial charge in [0.2, 0.25) is 5.91 Å². The Kier molecular flexibility index (Phi) is 6.14. The van der Waals surface area contributed by atoms with Crippen molar-refractivity contribution >= 4 is 32.6 Å². The van der Waals surface area contributed by atoms with Gasteiger partial charge in [-0.05, 0) is 60.9 Å². The smallest absolute Gasteiger partial charge is 0.233 e. The van der Waals surface area contributed by atoms with Crippen LogP contribution in [0.15, 0.2) is 65.3 Å². The van der Waals surface area contributed by atoms with Crippen molar-refractivity contribution < 1.29 is 13.9 Å². The monoisotopic (exact) mass is 420 g/mol. The first kappa shape index (κ1) is 20.2. The quantitative estimate of drug-likeness (QED) is 0.371. The number of furan rings is 1. The maximum Gasteiger partial charge on any atom is 0.233 e. The highest BCUT2D eigenvalue weighted by atomic mass is 32.1. The molecule has 4 rings (SSSR count). The van der Waals surface area contributed by atoms with E-state index in [4.69, 9.17) is 14.1 Å². The lowest BCUT2D eigenvalue weighted by Gasteiger charge is -2.19. The van der Waals surface area contributed by atoms with Gasteiger partial charge in [-0.25, -0.2) is 4.98 Å². The van der Waals surface area contributed by atoms with Crippen LogP contribution in [-0.2, 0) is 24.2 Å². The number of fused-ring (bicyclic) bond motifs is 1. The number of aryl methyl sites for hydroxylation is 1. The van der Waals surface area contributed by atoms with Gasteiger partial charge in [-0.2, -0.15) is 0 Å². The van der Waals surface area contributed by atoms with E-state index in [0.717, 1.165) is 33.7 Å². The molecule has 0 N–H and O–H groups in total. The summed E-state index contributed by atoms with van der Waals surface area (Å²) in [7, 11) is 0. The second-order valence-corrected chi connectivity index (χ2v) is 7.97. The Morgan fingerprint density at radius 1 is 1.10 bits per heavy atom. The maximum atomic E-state index is 13.3. The fourth-order valence-corrected chi connectivity index (χ4v) is 4.30. The minimum atomic E-state index is -0.0228. The third-order valence-electron chi connectivity index (χ3n) is 4.87. The lowest BCUT2D eigenvalue weighted by atomic mass is 10.1. The van der Waals surface area contributed by atoms with E-state index in [2.05, 4.69) is 19.1 Å². The van der Waals surface area contributed by atoms with Crippen LogP contribution < -0.4 is 9.64 Å². The second kappa shape index (κ2) is 9.13. The highest BCUT2D eigenvalue weighted by Crippen LogP contribution is 2.31. The molecule has 2 heterocycles. The van der Waals surface area contributed by atoms with Crippen LogP contribution in [0.25, 0.3) is 10.2 Å². The molecule has 0 unspecified atom stereocenters. The molecule has 2 aromatic heterocycles. The van der Waals surface area contributed by atoms with Gasteiger partial charge in [0.1, 0.15) is 11.5 Å². The van der Waals surface area contributed by atoms with Gasteiger partial charge in [0.05, 0.1) is 36.1 Å². The molecule has 0 saturated carbocycles. The number of carbonyl (C=O) groups is 1. The summed E-state index contributed by atoms with van der Waals surface area (Å²) in [5.41, 5.74) is 3.10. The lowest BCUT2D eigenvalue weighted by Crippen LogP contribution is -2.31. The first-order valence-electron chi connectivity index (χ1n) is 10.1. The molecule has 0 radical (unpaired) electrons. The van der Waals surface area contributed by atoms with E-state index in [-0.39, 0.29) is 12.3 Å². The summed E-state index contributed by atoms with van der Waals surface area (Å²) in [6.07, 6.45) is 2.87. The Hall–Kier alpha value is -3.12. The summed E-state index contributed by atoms with van der Waals surface area (Å²) in [6, 6.07) is 17.6. The first-order valence-corrected chi connectivity index (χ1v) is 10.9. The second-order valence-electron chi connectivity index (χ2n) is 6.97. The van der Waals surface area contributed by atoms with Crippen molar-refractivity contribution in [3.63, 3.8) is 0 Å². The Labute approximate surface area is 179 Å². The topological polar surface area (TPSA) is 55.6 Å². The summed E-state index contributed by atoms with van der Waals surface area (Å²) < 4.78 is 12.1. The number of aromatic nitrogens is 1. The predicted octanol–water partition coefficient (Wildman–Crippen LogP) is 5.63.